The molecule has 1 unspecified atom stereocenters. The molecule has 0 saturated carbocycles. The number of nitrogen functional groups attached to an aromatic ring is 1. The zero-order valence-electron chi connectivity index (χ0n) is 10.1. The molecule has 1 aromatic heterocycles. The Kier molecular flexibility index (Phi) is 3.44. The van der Waals surface area contributed by atoms with Gasteiger partial charge in [0.15, 0.2) is 0 Å². The Morgan fingerprint density at radius 3 is 2.67 bits per heavy atom. The molecule has 0 amide bonds. The third-order valence-corrected chi connectivity index (χ3v) is 2.72. The van der Waals surface area contributed by atoms with Gasteiger partial charge in [-0.25, -0.2) is 4.98 Å². The highest BCUT2D eigenvalue weighted by Gasteiger charge is 2.08. The monoisotopic (exact) mass is 238 g/mol. The van der Waals surface area contributed by atoms with Crippen molar-refractivity contribution in [3.05, 3.63) is 53.7 Å². The predicted octanol–water partition coefficient (Wildman–Crippen LogP) is 2.71. The van der Waals surface area contributed by atoms with Crippen LogP contribution < -0.4 is 11.1 Å². The van der Waals surface area contributed by atoms with Gasteiger partial charge in [0, 0.05) is 11.9 Å². The Morgan fingerprint density at radius 1 is 1.28 bits per heavy atom. The van der Waals surface area contributed by atoms with Gasteiger partial charge in [0.25, 0.3) is 0 Å². The zero-order valence-corrected chi connectivity index (χ0v) is 10.1. The van der Waals surface area contributed by atoms with Crippen LogP contribution in [0.5, 0.6) is 0 Å². The number of pyridine rings is 1. The molecule has 0 spiro atoms. The number of nitrogens with zero attached hydrogens (tertiary/aromatic N) is 2. The van der Waals surface area contributed by atoms with Crippen LogP contribution in [0.25, 0.3) is 0 Å². The fourth-order valence-corrected chi connectivity index (χ4v) is 1.75. The predicted molar refractivity (Wildman–Crippen MR) is 71.8 cm³/mol. The maximum atomic E-state index is 8.70. The molecular formula is C14H14N4. The maximum Gasteiger partial charge on any atom is 0.126 e. The fourth-order valence-electron chi connectivity index (χ4n) is 1.75. The van der Waals surface area contributed by atoms with Crippen molar-refractivity contribution in [3.63, 3.8) is 0 Å². The summed E-state index contributed by atoms with van der Waals surface area (Å²) >= 11 is 0. The molecule has 0 aliphatic carbocycles. The summed E-state index contributed by atoms with van der Waals surface area (Å²) in [6.07, 6.45) is 1.55. The van der Waals surface area contributed by atoms with E-state index in [0.29, 0.717) is 5.56 Å². The Hall–Kier alpha value is -2.54. The topological polar surface area (TPSA) is 74.7 Å². The third kappa shape index (κ3) is 2.58. The molecule has 2 aromatic rings. The van der Waals surface area contributed by atoms with Crippen LogP contribution in [0.2, 0.25) is 0 Å². The van der Waals surface area contributed by atoms with Crippen molar-refractivity contribution in [1.29, 1.82) is 5.26 Å². The molecule has 0 fully saturated rings. The first-order valence-electron chi connectivity index (χ1n) is 5.68. The first-order chi connectivity index (χ1) is 8.70. The Bertz CT molecular complexity index is 569. The SMILES string of the molecule is CC(Nc1ccc(C#N)cn1)c1ccccc1N. The standard InChI is InChI=1S/C14H14N4/c1-10(12-4-2-3-5-13(12)16)18-14-7-6-11(8-15)9-17-14/h2-7,9-10H,16H2,1H3,(H,17,18). The lowest BCUT2D eigenvalue weighted by Gasteiger charge is -2.16. The van der Waals surface area contributed by atoms with Crippen LogP contribution in [-0.4, -0.2) is 4.98 Å². The van der Waals surface area contributed by atoms with Gasteiger partial charge in [-0.15, -0.1) is 0 Å². The highest BCUT2D eigenvalue weighted by molar-refractivity contribution is 5.51. The highest BCUT2D eigenvalue weighted by Crippen LogP contribution is 2.22. The lowest BCUT2D eigenvalue weighted by molar-refractivity contribution is 0.877. The number of aromatic nitrogens is 1. The number of hydrogen-bond donors (Lipinski definition) is 2. The van der Waals surface area contributed by atoms with Crippen molar-refractivity contribution in [3.8, 4) is 6.07 Å². The quantitative estimate of drug-likeness (QED) is 0.806. The second-order valence-electron chi connectivity index (χ2n) is 4.04. The van der Waals surface area contributed by atoms with E-state index in [9.17, 15) is 0 Å². The van der Waals surface area contributed by atoms with Gasteiger partial charge in [0.2, 0.25) is 0 Å². The zero-order chi connectivity index (χ0) is 13.0. The number of anilines is 2. The molecule has 1 aromatic carbocycles. The summed E-state index contributed by atoms with van der Waals surface area (Å²) in [6.45, 7) is 2.02. The van der Waals surface area contributed by atoms with E-state index in [1.165, 1.54) is 0 Å². The van der Waals surface area contributed by atoms with Gasteiger partial charge in [-0.05, 0) is 30.7 Å². The normalized spacial score (nSPS) is 11.6. The largest absolute Gasteiger partial charge is 0.398 e. The summed E-state index contributed by atoms with van der Waals surface area (Å²) in [7, 11) is 0. The van der Waals surface area contributed by atoms with Gasteiger partial charge in [-0.2, -0.15) is 5.26 Å². The van der Waals surface area contributed by atoms with Crippen LogP contribution in [0.3, 0.4) is 0 Å². The van der Waals surface area contributed by atoms with Crippen molar-refractivity contribution < 1.29 is 0 Å². The van der Waals surface area contributed by atoms with E-state index < -0.39 is 0 Å². The van der Waals surface area contributed by atoms with Gasteiger partial charge < -0.3 is 11.1 Å². The average molecular weight is 238 g/mol. The molecule has 18 heavy (non-hydrogen) atoms. The highest BCUT2D eigenvalue weighted by atomic mass is 15.0. The van der Waals surface area contributed by atoms with E-state index in [0.717, 1.165) is 17.1 Å². The van der Waals surface area contributed by atoms with Gasteiger partial charge in [0.05, 0.1) is 11.6 Å². The number of hydrogen-bond acceptors (Lipinski definition) is 4. The van der Waals surface area contributed by atoms with Crippen LogP contribution >= 0.6 is 0 Å². The van der Waals surface area contributed by atoms with Crippen LogP contribution in [0.4, 0.5) is 11.5 Å². The molecule has 0 radical (unpaired) electrons. The molecule has 0 saturated heterocycles. The van der Waals surface area contributed by atoms with Gasteiger partial charge in [-0.3, -0.25) is 0 Å². The molecule has 0 bridgehead atoms. The van der Waals surface area contributed by atoms with E-state index in [4.69, 9.17) is 11.0 Å². The Morgan fingerprint density at radius 2 is 2.06 bits per heavy atom. The van der Waals surface area contributed by atoms with E-state index >= 15 is 0 Å². The minimum Gasteiger partial charge on any atom is -0.398 e. The summed E-state index contributed by atoms with van der Waals surface area (Å²) in [6, 6.07) is 13.3. The molecule has 0 aliphatic heterocycles. The number of nitriles is 1. The molecule has 4 nitrogen and oxygen atoms in total. The van der Waals surface area contributed by atoms with Crippen LogP contribution in [-0.2, 0) is 0 Å². The maximum absolute atomic E-state index is 8.70. The molecule has 2 rings (SSSR count). The van der Waals surface area contributed by atoms with Crippen molar-refractivity contribution in [2.75, 3.05) is 11.1 Å². The lowest BCUT2D eigenvalue weighted by Crippen LogP contribution is -2.09. The summed E-state index contributed by atoms with van der Waals surface area (Å²) in [5.74, 6) is 0.727. The van der Waals surface area contributed by atoms with Crippen molar-refractivity contribution in [1.82, 2.24) is 4.98 Å². The van der Waals surface area contributed by atoms with Crippen LogP contribution in [0, 0.1) is 11.3 Å². The number of benzene rings is 1. The first kappa shape index (κ1) is 11.9. The van der Waals surface area contributed by atoms with E-state index in [1.54, 1.807) is 18.3 Å². The molecular weight excluding hydrogens is 224 g/mol. The lowest BCUT2D eigenvalue weighted by atomic mass is 10.1. The summed E-state index contributed by atoms with van der Waals surface area (Å²) in [5.41, 5.74) is 8.25. The molecule has 1 heterocycles. The van der Waals surface area contributed by atoms with Crippen molar-refractivity contribution in [2.45, 2.75) is 13.0 Å². The number of para-hydroxylation sites is 1. The second kappa shape index (κ2) is 5.19. The molecule has 1 atom stereocenters. The number of rotatable bonds is 3. The molecule has 90 valence electrons. The molecule has 0 aliphatic rings. The van der Waals surface area contributed by atoms with E-state index in [2.05, 4.69) is 10.3 Å². The Balaban J connectivity index is 2.14. The van der Waals surface area contributed by atoms with Crippen LogP contribution in [0.15, 0.2) is 42.6 Å². The summed E-state index contributed by atoms with van der Waals surface area (Å²) in [5, 5.41) is 11.9. The van der Waals surface area contributed by atoms with E-state index in [-0.39, 0.29) is 6.04 Å². The smallest absolute Gasteiger partial charge is 0.126 e. The summed E-state index contributed by atoms with van der Waals surface area (Å²) < 4.78 is 0. The minimum atomic E-state index is 0.0617. The number of nitrogens with one attached hydrogen (secondary N) is 1. The summed E-state index contributed by atoms with van der Waals surface area (Å²) in [4.78, 5) is 4.17. The minimum absolute atomic E-state index is 0.0617. The van der Waals surface area contributed by atoms with Crippen LogP contribution in [0.1, 0.15) is 24.1 Å². The third-order valence-electron chi connectivity index (χ3n) is 2.72. The molecule has 4 heteroatoms. The van der Waals surface area contributed by atoms with Gasteiger partial charge >= 0.3 is 0 Å². The van der Waals surface area contributed by atoms with Crippen molar-refractivity contribution >= 4 is 11.5 Å². The first-order valence-corrected chi connectivity index (χ1v) is 5.68. The average Bonchev–Trinajstić information content (AvgIpc) is 2.40. The number of nitrogens with two attached hydrogens (primary N) is 1. The van der Waals surface area contributed by atoms with Gasteiger partial charge in [-0.1, -0.05) is 18.2 Å². The fraction of sp³-hybridized carbons (Fsp3) is 0.143. The molecule has 3 N–H and O–H groups in total. The second-order valence-corrected chi connectivity index (χ2v) is 4.04. The van der Waals surface area contributed by atoms with Gasteiger partial charge in [0.1, 0.15) is 11.9 Å². The van der Waals surface area contributed by atoms with E-state index in [1.807, 2.05) is 37.3 Å². The Labute approximate surface area is 106 Å². The van der Waals surface area contributed by atoms with Crippen molar-refractivity contribution in [2.24, 2.45) is 0 Å².